The van der Waals surface area contributed by atoms with Crippen LogP contribution >= 0.6 is 11.6 Å². The first-order valence-electron chi connectivity index (χ1n) is 7.81. The summed E-state index contributed by atoms with van der Waals surface area (Å²) in [7, 11) is 0. The molecule has 4 nitrogen and oxygen atoms in total. The molecule has 0 spiro atoms. The number of carbonyl (C=O) groups excluding carboxylic acids is 2. The standard InChI is InChI=1S/C19H20ClNO3/c1-3-14-6-10-17(11-7-14)21-19(23)13(2)24-18(22)12-15-4-8-16(20)9-5-15/h4-11,13H,3,12H2,1-2H3,(H,21,23)/t13-/m0/s1. The predicted octanol–water partition coefficient (Wildman–Crippen LogP) is 4.02. The maximum Gasteiger partial charge on any atom is 0.311 e. The van der Waals surface area contributed by atoms with Crippen molar-refractivity contribution in [3.63, 3.8) is 0 Å². The first kappa shape index (κ1) is 18.0. The highest BCUT2D eigenvalue weighted by Crippen LogP contribution is 2.12. The van der Waals surface area contributed by atoms with Crippen molar-refractivity contribution in [2.75, 3.05) is 5.32 Å². The third-order valence-electron chi connectivity index (χ3n) is 3.57. The summed E-state index contributed by atoms with van der Waals surface area (Å²) in [6, 6.07) is 14.5. The van der Waals surface area contributed by atoms with E-state index in [9.17, 15) is 9.59 Å². The van der Waals surface area contributed by atoms with Crippen molar-refractivity contribution in [1.82, 2.24) is 0 Å². The van der Waals surface area contributed by atoms with Gasteiger partial charge in [0.2, 0.25) is 0 Å². The molecule has 126 valence electrons. The van der Waals surface area contributed by atoms with Gasteiger partial charge in [-0.25, -0.2) is 0 Å². The molecule has 1 atom stereocenters. The number of anilines is 1. The zero-order valence-corrected chi connectivity index (χ0v) is 14.5. The third-order valence-corrected chi connectivity index (χ3v) is 3.82. The van der Waals surface area contributed by atoms with Crippen LogP contribution in [0.2, 0.25) is 5.02 Å². The molecule has 0 unspecified atom stereocenters. The van der Waals surface area contributed by atoms with E-state index < -0.39 is 12.1 Å². The Morgan fingerprint density at radius 3 is 2.21 bits per heavy atom. The molecule has 0 aliphatic rings. The monoisotopic (exact) mass is 345 g/mol. The summed E-state index contributed by atoms with van der Waals surface area (Å²) in [5.41, 5.74) is 2.65. The first-order valence-corrected chi connectivity index (χ1v) is 8.19. The molecule has 0 bridgehead atoms. The van der Waals surface area contributed by atoms with Crippen molar-refractivity contribution >= 4 is 29.2 Å². The number of ether oxygens (including phenoxy) is 1. The molecule has 0 radical (unpaired) electrons. The van der Waals surface area contributed by atoms with E-state index in [0.29, 0.717) is 10.7 Å². The SMILES string of the molecule is CCc1ccc(NC(=O)[C@H](C)OC(=O)Cc2ccc(Cl)cc2)cc1. The van der Waals surface area contributed by atoms with E-state index in [1.54, 1.807) is 31.2 Å². The molecule has 2 aromatic rings. The molecule has 2 aromatic carbocycles. The van der Waals surface area contributed by atoms with Gasteiger partial charge in [0.05, 0.1) is 6.42 Å². The van der Waals surface area contributed by atoms with Crippen LogP contribution in [0.25, 0.3) is 0 Å². The maximum absolute atomic E-state index is 12.1. The lowest BCUT2D eigenvalue weighted by Crippen LogP contribution is -2.30. The van der Waals surface area contributed by atoms with E-state index in [-0.39, 0.29) is 12.3 Å². The number of carbonyl (C=O) groups is 2. The van der Waals surface area contributed by atoms with Gasteiger partial charge in [0.1, 0.15) is 0 Å². The number of nitrogens with one attached hydrogen (secondary N) is 1. The van der Waals surface area contributed by atoms with Gasteiger partial charge in [-0.3, -0.25) is 9.59 Å². The summed E-state index contributed by atoms with van der Waals surface area (Å²) >= 11 is 5.80. The topological polar surface area (TPSA) is 55.4 Å². The molecule has 1 N–H and O–H groups in total. The molecule has 0 saturated heterocycles. The van der Waals surface area contributed by atoms with E-state index >= 15 is 0 Å². The van der Waals surface area contributed by atoms with E-state index in [1.165, 1.54) is 5.56 Å². The molecule has 0 aliphatic heterocycles. The molecule has 0 heterocycles. The minimum atomic E-state index is -0.865. The number of aryl methyl sites for hydroxylation is 1. The Bertz CT molecular complexity index is 696. The lowest BCUT2D eigenvalue weighted by atomic mass is 10.1. The van der Waals surface area contributed by atoms with Gasteiger partial charge in [-0.15, -0.1) is 0 Å². The fraction of sp³-hybridized carbons (Fsp3) is 0.263. The minimum absolute atomic E-state index is 0.0972. The Morgan fingerprint density at radius 1 is 1.04 bits per heavy atom. The van der Waals surface area contributed by atoms with Crippen LogP contribution in [-0.4, -0.2) is 18.0 Å². The van der Waals surface area contributed by atoms with Gasteiger partial charge in [-0.2, -0.15) is 0 Å². The highest BCUT2D eigenvalue weighted by molar-refractivity contribution is 6.30. The number of esters is 1. The lowest BCUT2D eigenvalue weighted by Gasteiger charge is -2.14. The summed E-state index contributed by atoms with van der Waals surface area (Å²) in [6.07, 6.45) is 0.170. The predicted molar refractivity (Wildman–Crippen MR) is 95.2 cm³/mol. The van der Waals surface area contributed by atoms with Crippen LogP contribution in [0.5, 0.6) is 0 Å². The van der Waals surface area contributed by atoms with Crippen LogP contribution in [-0.2, 0) is 27.2 Å². The molecule has 0 saturated carbocycles. The second kappa shape index (κ2) is 8.50. The average Bonchev–Trinajstić information content (AvgIpc) is 2.57. The minimum Gasteiger partial charge on any atom is -0.452 e. The van der Waals surface area contributed by atoms with Crippen LogP contribution < -0.4 is 5.32 Å². The highest BCUT2D eigenvalue weighted by Gasteiger charge is 2.18. The van der Waals surface area contributed by atoms with E-state index in [2.05, 4.69) is 12.2 Å². The quantitative estimate of drug-likeness (QED) is 0.804. The zero-order valence-electron chi connectivity index (χ0n) is 13.7. The normalized spacial score (nSPS) is 11.6. The van der Waals surface area contributed by atoms with Gasteiger partial charge in [-0.1, -0.05) is 42.8 Å². The van der Waals surface area contributed by atoms with Crippen molar-refractivity contribution in [2.45, 2.75) is 32.8 Å². The van der Waals surface area contributed by atoms with E-state index in [0.717, 1.165) is 12.0 Å². The van der Waals surface area contributed by atoms with Gasteiger partial charge in [0.15, 0.2) is 6.10 Å². The van der Waals surface area contributed by atoms with Crippen molar-refractivity contribution in [3.05, 3.63) is 64.7 Å². The summed E-state index contributed by atoms with van der Waals surface area (Å²) in [6.45, 7) is 3.62. The molecule has 0 aromatic heterocycles. The average molecular weight is 346 g/mol. The van der Waals surface area contributed by atoms with E-state index in [1.807, 2.05) is 24.3 Å². The third kappa shape index (κ3) is 5.39. The molecule has 0 aliphatic carbocycles. The molecular weight excluding hydrogens is 326 g/mol. The maximum atomic E-state index is 12.1. The molecule has 1 amide bonds. The van der Waals surface area contributed by atoms with Crippen LogP contribution in [0, 0.1) is 0 Å². The Balaban J connectivity index is 1.85. The zero-order chi connectivity index (χ0) is 17.5. The summed E-state index contributed by atoms with van der Waals surface area (Å²) in [4.78, 5) is 24.0. The highest BCUT2D eigenvalue weighted by atomic mass is 35.5. The Kier molecular flexibility index (Phi) is 6.38. The Hall–Kier alpha value is -2.33. The van der Waals surface area contributed by atoms with Gasteiger partial charge in [0.25, 0.3) is 5.91 Å². The van der Waals surface area contributed by atoms with Crippen molar-refractivity contribution < 1.29 is 14.3 Å². The molecular formula is C19H20ClNO3. The largest absolute Gasteiger partial charge is 0.452 e. The first-order chi connectivity index (χ1) is 11.5. The van der Waals surface area contributed by atoms with Gasteiger partial charge < -0.3 is 10.1 Å². The summed E-state index contributed by atoms with van der Waals surface area (Å²) in [5, 5.41) is 3.34. The number of amides is 1. The van der Waals surface area contributed by atoms with Gasteiger partial charge in [0, 0.05) is 10.7 Å². The fourth-order valence-corrected chi connectivity index (χ4v) is 2.25. The smallest absolute Gasteiger partial charge is 0.311 e. The van der Waals surface area contributed by atoms with Crippen LogP contribution in [0.4, 0.5) is 5.69 Å². The summed E-state index contributed by atoms with van der Waals surface area (Å²) < 4.78 is 5.18. The Labute approximate surface area is 146 Å². The lowest BCUT2D eigenvalue weighted by molar-refractivity contribution is -0.152. The van der Waals surface area contributed by atoms with Gasteiger partial charge in [-0.05, 0) is 48.7 Å². The van der Waals surface area contributed by atoms with Gasteiger partial charge >= 0.3 is 5.97 Å². The van der Waals surface area contributed by atoms with Crippen molar-refractivity contribution in [2.24, 2.45) is 0 Å². The van der Waals surface area contributed by atoms with Crippen molar-refractivity contribution in [1.29, 1.82) is 0 Å². The summed E-state index contributed by atoms with van der Waals surface area (Å²) in [5.74, 6) is -0.815. The number of halogens is 1. The molecule has 24 heavy (non-hydrogen) atoms. The second-order valence-electron chi connectivity index (χ2n) is 5.48. The number of hydrogen-bond acceptors (Lipinski definition) is 3. The van der Waals surface area contributed by atoms with E-state index in [4.69, 9.17) is 16.3 Å². The van der Waals surface area contributed by atoms with Crippen LogP contribution in [0.3, 0.4) is 0 Å². The number of benzene rings is 2. The number of rotatable bonds is 6. The second-order valence-corrected chi connectivity index (χ2v) is 5.91. The Morgan fingerprint density at radius 2 is 1.62 bits per heavy atom. The van der Waals surface area contributed by atoms with Crippen molar-refractivity contribution in [3.8, 4) is 0 Å². The molecule has 2 rings (SSSR count). The molecule has 5 heteroatoms. The van der Waals surface area contributed by atoms with Crippen LogP contribution in [0.15, 0.2) is 48.5 Å². The fourth-order valence-electron chi connectivity index (χ4n) is 2.13. The molecule has 0 fully saturated rings. The number of hydrogen-bond donors (Lipinski definition) is 1. The van der Waals surface area contributed by atoms with Crippen LogP contribution in [0.1, 0.15) is 25.0 Å².